The van der Waals surface area contributed by atoms with E-state index in [-0.39, 0.29) is 5.75 Å². The number of hydrogen-bond acceptors (Lipinski definition) is 7. The van der Waals surface area contributed by atoms with Gasteiger partial charge < -0.3 is 9.64 Å². The maximum Gasteiger partial charge on any atom is 0.415 e. The molecule has 0 aliphatic carbocycles. The van der Waals surface area contributed by atoms with Gasteiger partial charge in [-0.1, -0.05) is 26.1 Å². The molecular weight excluding hydrogens is 485 g/mol. The molecule has 190 valence electrons. The molecule has 4 heterocycles. The number of hydrogen-bond donors (Lipinski definition) is 1. The topological polar surface area (TPSA) is 60.4 Å². The number of rotatable bonds is 3. The molecule has 0 spiro atoms. The Morgan fingerprint density at radius 2 is 1.97 bits per heavy atom. The smallest absolute Gasteiger partial charge is 0.409 e. The number of ether oxygens (including phenoxy) is 1. The van der Waals surface area contributed by atoms with Gasteiger partial charge in [0.1, 0.15) is 16.6 Å². The van der Waals surface area contributed by atoms with Crippen LogP contribution < -0.4 is 10.2 Å². The Hall–Kier alpha value is -2.01. The number of nitrogens with one attached hydrogen (secondary N) is 1. The Labute approximate surface area is 216 Å². The van der Waals surface area contributed by atoms with Crippen molar-refractivity contribution in [3.8, 4) is 5.75 Å². The molecule has 35 heavy (non-hydrogen) atoms. The van der Waals surface area contributed by atoms with Gasteiger partial charge in [-0.15, -0.1) is 0 Å². The minimum atomic E-state index is -0.451. The van der Waals surface area contributed by atoms with E-state index in [1.54, 1.807) is 11.0 Å². The van der Waals surface area contributed by atoms with E-state index in [1.807, 2.05) is 24.9 Å². The number of aliphatic imine (C=N–C) groups is 1. The number of amides is 1. The number of halogens is 1. The van der Waals surface area contributed by atoms with Crippen molar-refractivity contribution in [1.82, 2.24) is 20.2 Å². The minimum Gasteiger partial charge on any atom is -0.409 e. The third kappa shape index (κ3) is 6.41. The van der Waals surface area contributed by atoms with Crippen LogP contribution >= 0.6 is 24.0 Å². The lowest BCUT2D eigenvalue weighted by Gasteiger charge is -2.28. The van der Waals surface area contributed by atoms with Gasteiger partial charge in [0.05, 0.1) is 4.91 Å². The molecule has 0 aromatic heterocycles. The maximum absolute atomic E-state index is 14.0. The summed E-state index contributed by atoms with van der Waals surface area (Å²) in [6.45, 7) is 9.32. The van der Waals surface area contributed by atoms with Crippen LogP contribution in [0.1, 0.15) is 51.5 Å². The number of nitrogens with zero attached hydrogens (tertiary/aromatic N) is 4. The number of carbonyl (C=O) groups excluding carboxylic acids is 1. The molecule has 4 aliphatic rings. The van der Waals surface area contributed by atoms with Crippen LogP contribution in [-0.4, -0.2) is 76.4 Å². The van der Waals surface area contributed by atoms with Crippen molar-refractivity contribution in [3.05, 3.63) is 34.5 Å². The lowest BCUT2D eigenvalue weighted by Crippen LogP contribution is -2.45. The van der Waals surface area contributed by atoms with Crippen LogP contribution in [0.4, 0.5) is 9.18 Å². The van der Waals surface area contributed by atoms with Crippen molar-refractivity contribution in [1.29, 1.82) is 0 Å². The van der Waals surface area contributed by atoms with Crippen LogP contribution in [0.15, 0.2) is 28.1 Å². The van der Waals surface area contributed by atoms with Crippen LogP contribution in [0.3, 0.4) is 0 Å². The predicted octanol–water partition coefficient (Wildman–Crippen LogP) is 4.89. The summed E-state index contributed by atoms with van der Waals surface area (Å²) < 4.78 is 19.7. The third-order valence-electron chi connectivity index (χ3n) is 6.49. The second-order valence-corrected chi connectivity index (χ2v) is 10.2. The van der Waals surface area contributed by atoms with Crippen LogP contribution in [-0.2, 0) is 0 Å². The van der Waals surface area contributed by atoms with Crippen LogP contribution in [0.2, 0.25) is 0 Å². The van der Waals surface area contributed by atoms with E-state index >= 15 is 0 Å². The second kappa shape index (κ2) is 12.3. The van der Waals surface area contributed by atoms with Gasteiger partial charge in [0.25, 0.3) is 0 Å². The number of amidine groups is 1. The molecule has 0 saturated carbocycles. The molecule has 1 aromatic carbocycles. The first-order valence-electron chi connectivity index (χ1n) is 12.6. The zero-order chi connectivity index (χ0) is 24.8. The van der Waals surface area contributed by atoms with Gasteiger partial charge in [-0.25, -0.2) is 19.6 Å². The first-order valence-corrected chi connectivity index (χ1v) is 13.8. The monoisotopic (exact) mass is 519 g/mol. The van der Waals surface area contributed by atoms with Crippen LogP contribution in [0, 0.1) is 5.82 Å². The summed E-state index contributed by atoms with van der Waals surface area (Å²) in [6.07, 6.45) is 7.03. The van der Waals surface area contributed by atoms with E-state index in [0.29, 0.717) is 29.7 Å². The van der Waals surface area contributed by atoms with E-state index < -0.39 is 11.9 Å². The Morgan fingerprint density at radius 1 is 1.20 bits per heavy atom. The summed E-state index contributed by atoms with van der Waals surface area (Å²) in [6, 6.07) is 4.62. The molecule has 1 atom stereocenters. The number of thioether (sulfide) groups is 1. The van der Waals surface area contributed by atoms with Crippen molar-refractivity contribution in [2.24, 2.45) is 4.99 Å². The van der Waals surface area contributed by atoms with E-state index in [0.717, 1.165) is 55.5 Å². The van der Waals surface area contributed by atoms with Crippen LogP contribution in [0.25, 0.3) is 6.08 Å². The molecule has 4 aliphatic heterocycles. The zero-order valence-corrected chi connectivity index (χ0v) is 22.1. The largest absolute Gasteiger partial charge is 0.415 e. The summed E-state index contributed by atoms with van der Waals surface area (Å²) >= 11 is 6.94. The van der Waals surface area contributed by atoms with Gasteiger partial charge in [-0.05, 0) is 75.2 Å². The quantitative estimate of drug-likeness (QED) is 0.451. The fourth-order valence-electron chi connectivity index (χ4n) is 4.69. The minimum absolute atomic E-state index is 0.199. The highest BCUT2D eigenvalue weighted by atomic mass is 32.2. The molecule has 1 N–H and O–H groups in total. The molecule has 7 nitrogen and oxygen atoms in total. The van der Waals surface area contributed by atoms with E-state index in [9.17, 15) is 9.18 Å². The first kappa shape index (κ1) is 26.1. The predicted molar refractivity (Wildman–Crippen MR) is 144 cm³/mol. The molecule has 3 saturated heterocycles. The standard InChI is InChI=1S/C23H28FN5O2S2.C2H6/c24-17-6-5-16(13-20-21(32)26-22(33-20)29-11-2-1-8-25-29)19(14-17)31-23(30)28-12-7-18(15-28)27-9-3-4-10-27;1-2/h5-6,13-14,18,25H,1-4,7-12,15H2;1-2H3/b20-13-;. The number of hydrazine groups is 1. The molecule has 5 rings (SSSR count). The summed E-state index contributed by atoms with van der Waals surface area (Å²) in [4.78, 5) is 22.8. The number of likely N-dealkylation sites (tertiary alicyclic amines) is 2. The van der Waals surface area contributed by atoms with Gasteiger partial charge in [0.2, 0.25) is 0 Å². The average Bonchev–Trinajstić information content (AvgIpc) is 3.64. The van der Waals surface area contributed by atoms with E-state index in [1.165, 1.54) is 36.7 Å². The summed E-state index contributed by atoms with van der Waals surface area (Å²) in [5.41, 5.74) is 3.94. The molecule has 1 aromatic rings. The number of benzene rings is 1. The zero-order valence-electron chi connectivity index (χ0n) is 20.5. The molecule has 3 fully saturated rings. The Morgan fingerprint density at radius 3 is 2.71 bits per heavy atom. The van der Waals surface area contributed by atoms with E-state index in [4.69, 9.17) is 17.0 Å². The van der Waals surface area contributed by atoms with Gasteiger partial charge in [-0.2, -0.15) is 0 Å². The summed E-state index contributed by atoms with van der Waals surface area (Å²) in [7, 11) is 0. The second-order valence-electron chi connectivity index (χ2n) is 8.76. The molecule has 0 bridgehead atoms. The lowest BCUT2D eigenvalue weighted by molar-refractivity contribution is 0.156. The molecule has 1 amide bonds. The summed E-state index contributed by atoms with van der Waals surface area (Å²) in [5.74, 6) is -0.252. The number of carbonyl (C=O) groups is 1. The van der Waals surface area contributed by atoms with Crippen molar-refractivity contribution < 1.29 is 13.9 Å². The summed E-state index contributed by atoms with van der Waals surface area (Å²) in [5, 5.41) is 2.84. The Balaban J connectivity index is 0.00000141. The average molecular weight is 520 g/mol. The Bertz CT molecular complexity index is 990. The van der Waals surface area contributed by atoms with Gasteiger partial charge in [0, 0.05) is 43.9 Å². The van der Waals surface area contributed by atoms with Gasteiger partial charge in [-0.3, -0.25) is 9.91 Å². The first-order chi connectivity index (χ1) is 17.1. The van der Waals surface area contributed by atoms with Crippen molar-refractivity contribution in [2.75, 3.05) is 39.3 Å². The van der Waals surface area contributed by atoms with Crippen molar-refractivity contribution in [3.63, 3.8) is 0 Å². The molecule has 0 radical (unpaired) electrons. The van der Waals surface area contributed by atoms with Gasteiger partial charge >= 0.3 is 6.09 Å². The molecule has 10 heteroatoms. The normalized spacial score (nSPS) is 24.0. The SMILES string of the molecule is CC.O=C(Oc1cc(F)ccc1/C=C1\SC(N2CCCCN2)=NC1=S)N1CCC(N2CCCC2)C1. The van der Waals surface area contributed by atoms with Crippen molar-refractivity contribution in [2.45, 2.75) is 52.0 Å². The fourth-order valence-corrected chi connectivity index (χ4v) is 5.94. The highest BCUT2D eigenvalue weighted by Crippen LogP contribution is 2.34. The van der Waals surface area contributed by atoms with E-state index in [2.05, 4.69) is 15.3 Å². The fraction of sp³-hybridized carbons (Fsp3) is 0.560. The Kier molecular flexibility index (Phi) is 9.16. The van der Waals surface area contributed by atoms with Crippen LogP contribution in [0.5, 0.6) is 5.75 Å². The lowest BCUT2D eigenvalue weighted by atomic mass is 10.2. The van der Waals surface area contributed by atoms with Gasteiger partial charge in [0.15, 0.2) is 5.17 Å². The van der Waals surface area contributed by atoms with Crippen molar-refractivity contribution >= 4 is 46.3 Å². The third-order valence-corrected chi connectivity index (χ3v) is 7.96. The maximum atomic E-state index is 14.0. The highest BCUT2D eigenvalue weighted by Gasteiger charge is 2.33. The molecule has 1 unspecified atom stereocenters. The molecular formula is C25H34FN5O2S2. The number of thiocarbonyl (C=S) groups is 1. The highest BCUT2D eigenvalue weighted by molar-refractivity contribution is 8.19.